The molecule has 1 aromatic carbocycles. The number of anilines is 1. The molecule has 0 bridgehead atoms. The zero-order valence-corrected chi connectivity index (χ0v) is 14.0. The van der Waals surface area contributed by atoms with E-state index in [-0.39, 0.29) is 17.7 Å². The summed E-state index contributed by atoms with van der Waals surface area (Å²) < 4.78 is 0. The highest BCUT2D eigenvalue weighted by atomic mass is 16.2. The second kappa shape index (κ2) is 7.03. The highest BCUT2D eigenvalue weighted by Gasteiger charge is 2.23. The van der Waals surface area contributed by atoms with Gasteiger partial charge in [0, 0.05) is 50.8 Å². The molecule has 1 fully saturated rings. The second-order valence-corrected chi connectivity index (χ2v) is 6.36. The molecule has 0 spiro atoms. The van der Waals surface area contributed by atoms with Crippen LogP contribution in [0, 0.1) is 0 Å². The first-order valence-corrected chi connectivity index (χ1v) is 8.53. The summed E-state index contributed by atoms with van der Waals surface area (Å²) in [6.07, 6.45) is 3.26. The summed E-state index contributed by atoms with van der Waals surface area (Å²) >= 11 is 0. The number of rotatable bonds is 4. The van der Waals surface area contributed by atoms with Crippen LogP contribution in [0.25, 0.3) is 0 Å². The predicted molar refractivity (Wildman–Crippen MR) is 90.9 cm³/mol. The van der Waals surface area contributed by atoms with Crippen molar-refractivity contribution in [1.82, 2.24) is 10.2 Å². The van der Waals surface area contributed by atoms with Crippen LogP contribution in [0.5, 0.6) is 0 Å². The molecule has 0 saturated carbocycles. The number of nitrogens with zero attached hydrogens (tertiary/aromatic N) is 2. The van der Waals surface area contributed by atoms with Gasteiger partial charge in [0.1, 0.15) is 0 Å². The summed E-state index contributed by atoms with van der Waals surface area (Å²) in [7, 11) is 0. The zero-order chi connectivity index (χ0) is 17.1. The van der Waals surface area contributed by atoms with Gasteiger partial charge in [0.05, 0.1) is 0 Å². The third kappa shape index (κ3) is 3.42. The fourth-order valence-corrected chi connectivity index (χ4v) is 3.38. The molecule has 6 heteroatoms. The van der Waals surface area contributed by atoms with Crippen LogP contribution in [0.15, 0.2) is 18.2 Å². The van der Waals surface area contributed by atoms with Crippen molar-refractivity contribution in [2.24, 2.45) is 0 Å². The first kappa shape index (κ1) is 16.5. The fourth-order valence-electron chi connectivity index (χ4n) is 3.38. The quantitative estimate of drug-likeness (QED) is 0.906. The summed E-state index contributed by atoms with van der Waals surface area (Å²) in [6.45, 7) is 4.24. The van der Waals surface area contributed by atoms with E-state index in [9.17, 15) is 14.4 Å². The topological polar surface area (TPSA) is 69.7 Å². The number of carbonyl (C=O) groups is 3. The Bertz CT molecular complexity index is 665. The van der Waals surface area contributed by atoms with E-state index in [1.165, 1.54) is 0 Å². The molecule has 6 nitrogen and oxygen atoms in total. The number of hydrogen-bond donors (Lipinski definition) is 1. The maximum absolute atomic E-state index is 12.2. The van der Waals surface area contributed by atoms with E-state index >= 15 is 0 Å². The summed E-state index contributed by atoms with van der Waals surface area (Å²) in [6, 6.07) is 5.40. The van der Waals surface area contributed by atoms with Gasteiger partial charge in [-0.3, -0.25) is 14.4 Å². The number of fused-ring (bicyclic) bond motifs is 1. The van der Waals surface area contributed by atoms with Gasteiger partial charge in [-0.15, -0.1) is 0 Å². The summed E-state index contributed by atoms with van der Waals surface area (Å²) in [5, 5.41) is 2.81. The molecule has 0 unspecified atom stereocenters. The monoisotopic (exact) mass is 329 g/mol. The smallest absolute Gasteiger partial charge is 0.251 e. The van der Waals surface area contributed by atoms with Crippen LogP contribution in [0.2, 0.25) is 0 Å². The Hall–Kier alpha value is -2.37. The SMILES string of the molecule is CC(=O)N1CCc2cc(C(=O)NCCC(=O)N3CCCC3)ccc21. The first-order chi connectivity index (χ1) is 11.6. The van der Waals surface area contributed by atoms with Crippen molar-refractivity contribution in [2.75, 3.05) is 31.1 Å². The molecule has 2 heterocycles. The number of carbonyl (C=O) groups excluding carboxylic acids is 3. The molecule has 1 aromatic rings. The summed E-state index contributed by atoms with van der Waals surface area (Å²) in [5.74, 6) is -0.0430. The molecule has 0 atom stereocenters. The van der Waals surface area contributed by atoms with E-state index in [0.717, 1.165) is 43.6 Å². The lowest BCUT2D eigenvalue weighted by molar-refractivity contribution is -0.130. The van der Waals surface area contributed by atoms with Crippen molar-refractivity contribution in [3.63, 3.8) is 0 Å². The van der Waals surface area contributed by atoms with E-state index in [4.69, 9.17) is 0 Å². The standard InChI is InChI=1S/C18H23N3O3/c1-13(22)21-11-7-14-12-15(4-5-16(14)21)18(24)19-8-6-17(23)20-9-2-3-10-20/h4-5,12H,2-3,6-11H2,1H3,(H,19,24). The van der Waals surface area contributed by atoms with Gasteiger partial charge in [-0.2, -0.15) is 0 Å². The number of hydrogen-bond acceptors (Lipinski definition) is 3. The predicted octanol–water partition coefficient (Wildman–Crippen LogP) is 1.34. The van der Waals surface area contributed by atoms with Crippen molar-refractivity contribution in [1.29, 1.82) is 0 Å². The minimum Gasteiger partial charge on any atom is -0.352 e. The molecule has 24 heavy (non-hydrogen) atoms. The van der Waals surface area contributed by atoms with Crippen molar-refractivity contribution < 1.29 is 14.4 Å². The van der Waals surface area contributed by atoms with Gasteiger partial charge in [0.2, 0.25) is 11.8 Å². The molecule has 3 amide bonds. The molecule has 0 aromatic heterocycles. The average molecular weight is 329 g/mol. The Labute approximate surface area is 141 Å². The molecule has 2 aliphatic rings. The molecule has 0 aliphatic carbocycles. The third-order valence-corrected chi connectivity index (χ3v) is 4.70. The van der Waals surface area contributed by atoms with E-state index in [1.54, 1.807) is 17.9 Å². The number of likely N-dealkylation sites (tertiary alicyclic amines) is 1. The van der Waals surface area contributed by atoms with Crippen molar-refractivity contribution >= 4 is 23.4 Å². The maximum atomic E-state index is 12.2. The molecule has 3 rings (SSSR count). The largest absolute Gasteiger partial charge is 0.352 e. The third-order valence-electron chi connectivity index (χ3n) is 4.70. The fraction of sp³-hybridized carbons (Fsp3) is 0.500. The number of amides is 3. The molecule has 128 valence electrons. The molecule has 1 saturated heterocycles. The first-order valence-electron chi connectivity index (χ1n) is 8.53. The van der Waals surface area contributed by atoms with E-state index < -0.39 is 0 Å². The zero-order valence-electron chi connectivity index (χ0n) is 14.0. The van der Waals surface area contributed by atoms with Gasteiger partial charge in [0.15, 0.2) is 0 Å². The lowest BCUT2D eigenvalue weighted by atomic mass is 10.1. The second-order valence-electron chi connectivity index (χ2n) is 6.36. The van der Waals surface area contributed by atoms with Gasteiger partial charge in [-0.1, -0.05) is 0 Å². The lowest BCUT2D eigenvalue weighted by Gasteiger charge is -2.16. The van der Waals surface area contributed by atoms with Crippen LogP contribution in [0.4, 0.5) is 5.69 Å². The van der Waals surface area contributed by atoms with Gasteiger partial charge >= 0.3 is 0 Å². The highest BCUT2D eigenvalue weighted by Crippen LogP contribution is 2.28. The number of benzene rings is 1. The summed E-state index contributed by atoms with van der Waals surface area (Å²) in [4.78, 5) is 39.3. The van der Waals surface area contributed by atoms with Crippen molar-refractivity contribution in [3.05, 3.63) is 29.3 Å². The van der Waals surface area contributed by atoms with Crippen LogP contribution >= 0.6 is 0 Å². The van der Waals surface area contributed by atoms with Crippen molar-refractivity contribution in [3.8, 4) is 0 Å². The Balaban J connectivity index is 1.54. The molecule has 2 aliphatic heterocycles. The van der Waals surface area contributed by atoms with Crippen LogP contribution < -0.4 is 10.2 Å². The molecular formula is C18H23N3O3. The Kier molecular flexibility index (Phi) is 4.83. The maximum Gasteiger partial charge on any atom is 0.251 e. The van der Waals surface area contributed by atoms with Gasteiger partial charge < -0.3 is 15.1 Å². The molecule has 0 radical (unpaired) electrons. The van der Waals surface area contributed by atoms with Crippen LogP contribution in [-0.4, -0.2) is 48.8 Å². The minimum atomic E-state index is -0.173. The van der Waals surface area contributed by atoms with Crippen LogP contribution in [0.1, 0.15) is 42.1 Å². The normalized spacial score (nSPS) is 16.2. The minimum absolute atomic E-state index is 0.0198. The van der Waals surface area contributed by atoms with Crippen LogP contribution in [0.3, 0.4) is 0 Å². The Morgan fingerprint density at radius 1 is 1.12 bits per heavy atom. The van der Waals surface area contributed by atoms with Crippen molar-refractivity contribution in [2.45, 2.75) is 32.6 Å². The molecular weight excluding hydrogens is 306 g/mol. The van der Waals surface area contributed by atoms with E-state index in [0.29, 0.717) is 25.1 Å². The van der Waals surface area contributed by atoms with E-state index in [1.807, 2.05) is 17.0 Å². The van der Waals surface area contributed by atoms with Crippen LogP contribution in [-0.2, 0) is 16.0 Å². The van der Waals surface area contributed by atoms with E-state index in [2.05, 4.69) is 5.32 Å². The van der Waals surface area contributed by atoms with Gasteiger partial charge in [-0.05, 0) is 43.0 Å². The summed E-state index contributed by atoms with van der Waals surface area (Å²) in [5.41, 5.74) is 2.49. The lowest BCUT2D eigenvalue weighted by Crippen LogP contribution is -2.32. The Morgan fingerprint density at radius 3 is 2.58 bits per heavy atom. The highest BCUT2D eigenvalue weighted by molar-refractivity contribution is 5.98. The van der Waals surface area contributed by atoms with Gasteiger partial charge in [0.25, 0.3) is 5.91 Å². The number of nitrogens with one attached hydrogen (secondary N) is 1. The van der Waals surface area contributed by atoms with Gasteiger partial charge in [-0.25, -0.2) is 0 Å². The Morgan fingerprint density at radius 2 is 1.88 bits per heavy atom. The average Bonchev–Trinajstić information content (AvgIpc) is 3.23. The molecule has 1 N–H and O–H groups in total.